The number of hydrogen-bond donors (Lipinski definition) is 1. The molecule has 0 aromatic heterocycles. The molecule has 0 saturated carbocycles. The molecule has 2 rings (SSSR count). The molecule has 0 aliphatic carbocycles. The third-order valence-corrected chi connectivity index (χ3v) is 2.15. The van der Waals surface area contributed by atoms with Crippen LogP contribution in [0.2, 0.25) is 0 Å². The van der Waals surface area contributed by atoms with Gasteiger partial charge in [-0.15, -0.1) is 0 Å². The Bertz CT molecular complexity index is 485. The van der Waals surface area contributed by atoms with Gasteiger partial charge in [-0.1, -0.05) is 5.16 Å². The minimum Gasteiger partial charge on any atom is -0.493 e. The van der Waals surface area contributed by atoms with Crippen molar-refractivity contribution in [2.75, 3.05) is 20.5 Å². The van der Waals surface area contributed by atoms with E-state index >= 15 is 0 Å². The number of carboxylic acid groups (broad SMARTS) is 1. The van der Waals surface area contributed by atoms with Gasteiger partial charge < -0.3 is 24.2 Å². The van der Waals surface area contributed by atoms with Crippen molar-refractivity contribution >= 4 is 12.2 Å². The predicted octanol–water partition coefficient (Wildman–Crippen LogP) is 0.859. The summed E-state index contributed by atoms with van der Waals surface area (Å²) in [4.78, 5) is 14.8. The summed E-state index contributed by atoms with van der Waals surface area (Å²) in [5, 5.41) is 11.9. The zero-order valence-electron chi connectivity index (χ0n) is 9.58. The van der Waals surface area contributed by atoms with E-state index < -0.39 is 12.6 Å². The minimum absolute atomic E-state index is 0.141. The molecule has 0 bridgehead atoms. The average Bonchev–Trinajstić information content (AvgIpc) is 2.81. The Labute approximate surface area is 103 Å². The summed E-state index contributed by atoms with van der Waals surface area (Å²) in [6, 6.07) is 3.37. The SMILES string of the molecule is COc1cc(/C=N/OCC(=O)O)cc2c1OCO2. The number of oxime groups is 1. The van der Waals surface area contributed by atoms with Crippen LogP contribution in [0.25, 0.3) is 0 Å². The fourth-order valence-corrected chi connectivity index (χ4v) is 1.42. The number of aliphatic carboxylic acids is 1. The van der Waals surface area contributed by atoms with Crippen molar-refractivity contribution in [2.24, 2.45) is 5.16 Å². The number of carboxylic acids is 1. The molecule has 0 atom stereocenters. The van der Waals surface area contributed by atoms with Crippen molar-refractivity contribution in [2.45, 2.75) is 0 Å². The summed E-state index contributed by atoms with van der Waals surface area (Å²) in [5.41, 5.74) is 0.654. The molecule has 18 heavy (non-hydrogen) atoms. The van der Waals surface area contributed by atoms with E-state index in [1.807, 2.05) is 0 Å². The molecule has 1 aromatic rings. The second kappa shape index (κ2) is 5.26. The highest BCUT2D eigenvalue weighted by atomic mass is 16.7. The van der Waals surface area contributed by atoms with Crippen LogP contribution in [-0.2, 0) is 9.63 Å². The number of benzene rings is 1. The maximum Gasteiger partial charge on any atom is 0.344 e. The van der Waals surface area contributed by atoms with Gasteiger partial charge in [-0.2, -0.15) is 0 Å². The minimum atomic E-state index is -1.09. The van der Waals surface area contributed by atoms with Crippen LogP contribution in [0.1, 0.15) is 5.56 Å². The average molecular weight is 253 g/mol. The molecule has 0 amide bonds. The van der Waals surface area contributed by atoms with Gasteiger partial charge in [0.1, 0.15) is 0 Å². The third-order valence-electron chi connectivity index (χ3n) is 2.15. The molecule has 1 aromatic carbocycles. The van der Waals surface area contributed by atoms with Crippen LogP contribution >= 0.6 is 0 Å². The largest absolute Gasteiger partial charge is 0.493 e. The maximum absolute atomic E-state index is 10.2. The molecule has 96 valence electrons. The van der Waals surface area contributed by atoms with Crippen LogP contribution in [0.3, 0.4) is 0 Å². The Hall–Kier alpha value is -2.44. The second-order valence-electron chi connectivity index (χ2n) is 3.36. The van der Waals surface area contributed by atoms with E-state index in [4.69, 9.17) is 19.3 Å². The van der Waals surface area contributed by atoms with Gasteiger partial charge in [-0.05, 0) is 12.1 Å². The highest BCUT2D eigenvalue weighted by Crippen LogP contribution is 2.41. The van der Waals surface area contributed by atoms with Crippen LogP contribution < -0.4 is 14.2 Å². The highest BCUT2D eigenvalue weighted by Gasteiger charge is 2.19. The number of rotatable bonds is 5. The number of fused-ring (bicyclic) bond motifs is 1. The number of ether oxygens (including phenoxy) is 3. The summed E-state index contributed by atoms with van der Waals surface area (Å²) in [5.74, 6) is 0.523. The van der Waals surface area contributed by atoms with Gasteiger partial charge in [-0.25, -0.2) is 4.79 Å². The fourth-order valence-electron chi connectivity index (χ4n) is 1.42. The topological polar surface area (TPSA) is 86.6 Å². The van der Waals surface area contributed by atoms with E-state index in [1.165, 1.54) is 13.3 Å². The van der Waals surface area contributed by atoms with E-state index in [0.29, 0.717) is 22.8 Å². The first-order valence-corrected chi connectivity index (χ1v) is 5.05. The maximum atomic E-state index is 10.2. The van der Waals surface area contributed by atoms with Gasteiger partial charge >= 0.3 is 5.97 Å². The Balaban J connectivity index is 2.12. The van der Waals surface area contributed by atoms with E-state index in [1.54, 1.807) is 12.1 Å². The summed E-state index contributed by atoms with van der Waals surface area (Å²) < 4.78 is 15.6. The fraction of sp³-hybridized carbons (Fsp3) is 0.273. The standard InChI is InChI=1S/C11H11NO6/c1-15-8-2-7(4-12-18-5-10(13)14)3-9-11(8)17-6-16-9/h2-4H,5-6H2,1H3,(H,13,14)/b12-4+. The number of methoxy groups -OCH3 is 1. The smallest absolute Gasteiger partial charge is 0.344 e. The zero-order chi connectivity index (χ0) is 13.0. The summed E-state index contributed by atoms with van der Waals surface area (Å²) >= 11 is 0. The summed E-state index contributed by atoms with van der Waals surface area (Å²) in [7, 11) is 1.51. The molecule has 0 fully saturated rings. The van der Waals surface area contributed by atoms with Crippen molar-refractivity contribution in [1.82, 2.24) is 0 Å². The van der Waals surface area contributed by atoms with E-state index in [0.717, 1.165) is 0 Å². The van der Waals surface area contributed by atoms with Crippen LogP contribution in [0.4, 0.5) is 0 Å². The lowest BCUT2D eigenvalue weighted by Gasteiger charge is -2.05. The lowest BCUT2D eigenvalue weighted by Crippen LogP contribution is -2.03. The van der Waals surface area contributed by atoms with Crippen LogP contribution in [-0.4, -0.2) is 37.8 Å². The monoisotopic (exact) mass is 253 g/mol. The first-order chi connectivity index (χ1) is 8.70. The second-order valence-corrected chi connectivity index (χ2v) is 3.36. The molecule has 7 heteroatoms. The van der Waals surface area contributed by atoms with Gasteiger partial charge in [-0.3, -0.25) is 0 Å². The number of hydrogen-bond acceptors (Lipinski definition) is 6. The van der Waals surface area contributed by atoms with Gasteiger partial charge in [0.05, 0.1) is 13.3 Å². The van der Waals surface area contributed by atoms with Crippen LogP contribution in [0.5, 0.6) is 17.2 Å². The Morgan fingerprint density at radius 2 is 2.39 bits per heavy atom. The molecule has 0 unspecified atom stereocenters. The van der Waals surface area contributed by atoms with Crippen molar-refractivity contribution in [3.05, 3.63) is 17.7 Å². The van der Waals surface area contributed by atoms with Gasteiger partial charge in [0, 0.05) is 5.56 Å². The summed E-state index contributed by atoms with van der Waals surface area (Å²) in [6.07, 6.45) is 1.37. The van der Waals surface area contributed by atoms with E-state index in [2.05, 4.69) is 9.99 Å². The predicted molar refractivity (Wildman–Crippen MR) is 60.3 cm³/mol. The molecule has 1 aliphatic heterocycles. The first kappa shape index (κ1) is 12.0. The van der Waals surface area contributed by atoms with Crippen molar-refractivity contribution in [1.29, 1.82) is 0 Å². The van der Waals surface area contributed by atoms with E-state index in [-0.39, 0.29) is 6.79 Å². The molecule has 1 heterocycles. The van der Waals surface area contributed by atoms with Crippen LogP contribution in [0, 0.1) is 0 Å². The lowest BCUT2D eigenvalue weighted by atomic mass is 10.2. The Kier molecular flexibility index (Phi) is 3.52. The molecular formula is C11H11NO6. The Morgan fingerprint density at radius 3 is 3.11 bits per heavy atom. The third kappa shape index (κ3) is 2.62. The number of carbonyl (C=O) groups is 1. The van der Waals surface area contributed by atoms with Crippen molar-refractivity contribution < 1.29 is 28.9 Å². The molecule has 7 nitrogen and oxygen atoms in total. The Morgan fingerprint density at radius 1 is 1.56 bits per heavy atom. The molecule has 0 spiro atoms. The quantitative estimate of drug-likeness (QED) is 0.618. The molecular weight excluding hydrogens is 242 g/mol. The molecule has 1 aliphatic rings. The van der Waals surface area contributed by atoms with E-state index in [9.17, 15) is 4.79 Å². The van der Waals surface area contributed by atoms with Gasteiger partial charge in [0.25, 0.3) is 0 Å². The molecule has 0 saturated heterocycles. The normalized spacial score (nSPS) is 12.7. The van der Waals surface area contributed by atoms with Crippen molar-refractivity contribution in [3.8, 4) is 17.2 Å². The van der Waals surface area contributed by atoms with Crippen molar-refractivity contribution in [3.63, 3.8) is 0 Å². The first-order valence-electron chi connectivity index (χ1n) is 5.05. The molecule has 1 N–H and O–H groups in total. The lowest BCUT2D eigenvalue weighted by molar-refractivity contribution is -0.142. The zero-order valence-corrected chi connectivity index (χ0v) is 9.58. The summed E-state index contributed by atoms with van der Waals surface area (Å²) in [6.45, 7) is -0.347. The number of nitrogens with zero attached hydrogens (tertiary/aromatic N) is 1. The van der Waals surface area contributed by atoms with Crippen LogP contribution in [0.15, 0.2) is 17.3 Å². The van der Waals surface area contributed by atoms with Gasteiger partial charge in [0.15, 0.2) is 11.5 Å². The molecule has 0 radical (unpaired) electrons. The van der Waals surface area contributed by atoms with Gasteiger partial charge in [0.2, 0.25) is 19.1 Å². The highest BCUT2D eigenvalue weighted by molar-refractivity contribution is 5.82.